The highest BCUT2D eigenvalue weighted by atomic mass is 32.2. The standard InChI is InChI=1S/C12H16N4S2/c1-8(2)13-6-10-4-5-11(14-7-10)17-12-15-9(3)16-18-12/h4-5,7-8,13H,6H2,1-3H3. The van der Waals surface area contributed by atoms with Gasteiger partial charge in [-0.2, -0.15) is 4.37 Å². The highest BCUT2D eigenvalue weighted by Crippen LogP contribution is 2.27. The number of aryl methyl sites for hydroxylation is 1. The molecule has 0 radical (unpaired) electrons. The average molecular weight is 280 g/mol. The molecule has 2 aromatic rings. The van der Waals surface area contributed by atoms with E-state index in [1.54, 1.807) is 11.8 Å². The fourth-order valence-electron chi connectivity index (χ4n) is 1.31. The van der Waals surface area contributed by atoms with Gasteiger partial charge in [0.15, 0.2) is 4.34 Å². The fraction of sp³-hybridized carbons (Fsp3) is 0.417. The Kier molecular flexibility index (Phi) is 4.68. The molecule has 0 spiro atoms. The van der Waals surface area contributed by atoms with Gasteiger partial charge >= 0.3 is 0 Å². The molecule has 0 aliphatic carbocycles. The van der Waals surface area contributed by atoms with Crippen molar-refractivity contribution < 1.29 is 0 Å². The summed E-state index contributed by atoms with van der Waals surface area (Å²) >= 11 is 2.97. The Balaban J connectivity index is 1.95. The third-order valence-electron chi connectivity index (χ3n) is 2.21. The number of rotatable bonds is 5. The van der Waals surface area contributed by atoms with Gasteiger partial charge in [0.1, 0.15) is 10.9 Å². The van der Waals surface area contributed by atoms with Crippen LogP contribution in [-0.2, 0) is 6.54 Å². The van der Waals surface area contributed by atoms with Gasteiger partial charge in [-0.3, -0.25) is 0 Å². The van der Waals surface area contributed by atoms with Crippen LogP contribution in [0.1, 0.15) is 25.2 Å². The smallest absolute Gasteiger partial charge is 0.176 e. The molecule has 2 heterocycles. The minimum atomic E-state index is 0.489. The number of nitrogens with one attached hydrogen (secondary N) is 1. The van der Waals surface area contributed by atoms with Crippen LogP contribution in [0.15, 0.2) is 27.7 Å². The SMILES string of the molecule is Cc1nsc(Sc2ccc(CNC(C)C)cn2)n1. The molecular formula is C12H16N4S2. The van der Waals surface area contributed by atoms with Gasteiger partial charge in [0, 0.05) is 18.8 Å². The van der Waals surface area contributed by atoms with Gasteiger partial charge in [-0.15, -0.1) is 0 Å². The van der Waals surface area contributed by atoms with Gasteiger partial charge in [0.05, 0.1) is 0 Å². The zero-order valence-electron chi connectivity index (χ0n) is 10.7. The molecule has 0 aliphatic rings. The summed E-state index contributed by atoms with van der Waals surface area (Å²) in [6, 6.07) is 4.61. The van der Waals surface area contributed by atoms with Crippen molar-refractivity contribution in [2.45, 2.75) is 42.7 Å². The van der Waals surface area contributed by atoms with E-state index in [1.165, 1.54) is 17.1 Å². The van der Waals surface area contributed by atoms with E-state index in [4.69, 9.17) is 0 Å². The van der Waals surface area contributed by atoms with Gasteiger partial charge in [0.25, 0.3) is 0 Å². The number of aromatic nitrogens is 3. The lowest BCUT2D eigenvalue weighted by molar-refractivity contribution is 0.587. The maximum atomic E-state index is 4.42. The summed E-state index contributed by atoms with van der Waals surface area (Å²) in [7, 11) is 0. The number of hydrogen-bond acceptors (Lipinski definition) is 6. The monoisotopic (exact) mass is 280 g/mol. The maximum absolute atomic E-state index is 4.42. The first-order valence-electron chi connectivity index (χ1n) is 5.80. The molecule has 0 atom stereocenters. The first-order chi connectivity index (χ1) is 8.63. The van der Waals surface area contributed by atoms with E-state index in [0.717, 1.165) is 21.7 Å². The highest BCUT2D eigenvalue weighted by Gasteiger charge is 2.04. The van der Waals surface area contributed by atoms with Crippen molar-refractivity contribution in [1.82, 2.24) is 19.7 Å². The lowest BCUT2D eigenvalue weighted by atomic mass is 10.2. The third kappa shape index (κ3) is 4.04. The van der Waals surface area contributed by atoms with E-state index in [1.807, 2.05) is 19.2 Å². The molecule has 0 saturated carbocycles. The van der Waals surface area contributed by atoms with Crippen LogP contribution >= 0.6 is 23.3 Å². The molecule has 0 aliphatic heterocycles. The second-order valence-electron chi connectivity index (χ2n) is 4.25. The lowest BCUT2D eigenvalue weighted by Crippen LogP contribution is -2.21. The first kappa shape index (κ1) is 13.5. The van der Waals surface area contributed by atoms with Crippen molar-refractivity contribution in [2.75, 3.05) is 0 Å². The van der Waals surface area contributed by atoms with Crippen LogP contribution in [0.2, 0.25) is 0 Å². The number of hydrogen-bond donors (Lipinski definition) is 1. The maximum Gasteiger partial charge on any atom is 0.176 e. The third-order valence-corrected chi connectivity index (χ3v) is 4.01. The summed E-state index contributed by atoms with van der Waals surface area (Å²) in [6.45, 7) is 7.02. The summed E-state index contributed by atoms with van der Waals surface area (Å²) in [5, 5.41) is 4.32. The first-order valence-corrected chi connectivity index (χ1v) is 7.39. The van der Waals surface area contributed by atoms with E-state index in [0.29, 0.717) is 6.04 Å². The molecule has 0 amide bonds. The highest BCUT2D eigenvalue weighted by molar-refractivity contribution is 8.00. The summed E-state index contributed by atoms with van der Waals surface area (Å²) in [5.41, 5.74) is 1.20. The fourth-order valence-corrected chi connectivity index (χ4v) is 2.85. The zero-order valence-corrected chi connectivity index (χ0v) is 12.3. The molecule has 0 fully saturated rings. The Bertz CT molecular complexity index is 493. The predicted molar refractivity (Wildman–Crippen MR) is 75.0 cm³/mol. The summed E-state index contributed by atoms with van der Waals surface area (Å²) in [5.74, 6) is 0.820. The van der Waals surface area contributed by atoms with Crippen molar-refractivity contribution >= 4 is 23.3 Å². The van der Waals surface area contributed by atoms with Crippen LogP contribution in [0.5, 0.6) is 0 Å². The normalized spacial score (nSPS) is 11.1. The topological polar surface area (TPSA) is 50.7 Å². The van der Waals surface area contributed by atoms with E-state index in [9.17, 15) is 0 Å². The summed E-state index contributed by atoms with van der Waals surface area (Å²) < 4.78 is 5.09. The second kappa shape index (κ2) is 6.26. The minimum Gasteiger partial charge on any atom is -0.310 e. The molecule has 18 heavy (non-hydrogen) atoms. The molecule has 0 unspecified atom stereocenters. The van der Waals surface area contributed by atoms with Crippen molar-refractivity contribution in [1.29, 1.82) is 0 Å². The molecular weight excluding hydrogens is 264 g/mol. The number of nitrogens with zero attached hydrogens (tertiary/aromatic N) is 3. The van der Waals surface area contributed by atoms with E-state index < -0.39 is 0 Å². The Morgan fingerprint density at radius 3 is 2.78 bits per heavy atom. The average Bonchev–Trinajstić information content (AvgIpc) is 2.74. The molecule has 96 valence electrons. The quantitative estimate of drug-likeness (QED) is 0.912. The summed E-state index contributed by atoms with van der Waals surface area (Å²) in [4.78, 5) is 8.73. The van der Waals surface area contributed by atoms with Crippen LogP contribution in [0.25, 0.3) is 0 Å². The summed E-state index contributed by atoms with van der Waals surface area (Å²) in [6.07, 6.45) is 1.91. The molecule has 0 saturated heterocycles. The molecule has 0 bridgehead atoms. The van der Waals surface area contributed by atoms with Gasteiger partial charge in [-0.1, -0.05) is 19.9 Å². The van der Waals surface area contributed by atoms with Crippen LogP contribution < -0.4 is 5.32 Å². The molecule has 6 heteroatoms. The predicted octanol–water partition coefficient (Wildman–Crippen LogP) is 2.89. The van der Waals surface area contributed by atoms with Crippen LogP contribution in [0, 0.1) is 6.92 Å². The van der Waals surface area contributed by atoms with Crippen LogP contribution in [0.4, 0.5) is 0 Å². The second-order valence-corrected chi connectivity index (χ2v) is 6.27. The molecule has 1 N–H and O–H groups in total. The minimum absolute atomic E-state index is 0.489. The van der Waals surface area contributed by atoms with E-state index >= 15 is 0 Å². The van der Waals surface area contributed by atoms with Crippen LogP contribution in [-0.4, -0.2) is 20.4 Å². The van der Waals surface area contributed by atoms with Crippen molar-refractivity contribution in [2.24, 2.45) is 0 Å². The van der Waals surface area contributed by atoms with Gasteiger partial charge in [-0.25, -0.2) is 9.97 Å². The van der Waals surface area contributed by atoms with Gasteiger partial charge < -0.3 is 5.32 Å². The van der Waals surface area contributed by atoms with E-state index in [2.05, 4.69) is 39.6 Å². The number of pyridine rings is 1. The van der Waals surface area contributed by atoms with Gasteiger partial charge in [-0.05, 0) is 41.8 Å². The Morgan fingerprint density at radius 2 is 2.22 bits per heavy atom. The van der Waals surface area contributed by atoms with Crippen molar-refractivity contribution in [3.05, 3.63) is 29.7 Å². The molecule has 4 nitrogen and oxygen atoms in total. The van der Waals surface area contributed by atoms with Crippen molar-refractivity contribution in [3.63, 3.8) is 0 Å². The molecule has 2 rings (SSSR count). The Hall–Kier alpha value is -0.980. The molecule has 2 aromatic heterocycles. The Morgan fingerprint density at radius 1 is 1.39 bits per heavy atom. The van der Waals surface area contributed by atoms with E-state index in [-0.39, 0.29) is 0 Å². The van der Waals surface area contributed by atoms with Crippen LogP contribution in [0.3, 0.4) is 0 Å². The largest absolute Gasteiger partial charge is 0.310 e. The van der Waals surface area contributed by atoms with Crippen molar-refractivity contribution in [3.8, 4) is 0 Å². The lowest BCUT2D eigenvalue weighted by Gasteiger charge is -2.07. The van der Waals surface area contributed by atoms with Gasteiger partial charge in [0.2, 0.25) is 0 Å². The molecule has 0 aromatic carbocycles. The zero-order chi connectivity index (χ0) is 13.0. The Labute approximate surface area is 115 Å².